The number of hydrogen-bond acceptors (Lipinski definition) is 4. The van der Waals surface area contributed by atoms with Crippen LogP contribution in [0.1, 0.15) is 16.7 Å². The van der Waals surface area contributed by atoms with Crippen LogP contribution in [0.3, 0.4) is 0 Å². The van der Waals surface area contributed by atoms with Crippen molar-refractivity contribution in [1.82, 2.24) is 9.78 Å². The van der Waals surface area contributed by atoms with E-state index in [-0.39, 0.29) is 27.9 Å². The van der Waals surface area contributed by atoms with E-state index in [9.17, 15) is 22.8 Å². The van der Waals surface area contributed by atoms with Crippen LogP contribution in [0.4, 0.5) is 13.2 Å². The smallest absolute Gasteiger partial charge is 0.418 e. The van der Waals surface area contributed by atoms with Gasteiger partial charge in [-0.2, -0.15) is 23.0 Å². The van der Waals surface area contributed by atoms with Crippen molar-refractivity contribution < 1.29 is 22.7 Å². The lowest BCUT2D eigenvalue weighted by Crippen LogP contribution is -2.27. The van der Waals surface area contributed by atoms with E-state index in [1.165, 1.54) is 30.4 Å². The molecule has 0 saturated carbocycles. The first kappa shape index (κ1) is 21.7. The predicted octanol–water partition coefficient (Wildman–Crippen LogP) is 4.52. The molecule has 2 aromatic rings. The van der Waals surface area contributed by atoms with Crippen LogP contribution in [0.25, 0.3) is 11.8 Å². The Morgan fingerprint density at radius 1 is 1.39 bits per heavy atom. The first-order valence-corrected chi connectivity index (χ1v) is 8.43. The Morgan fingerprint density at radius 3 is 2.68 bits per heavy atom. The second-order valence-electron chi connectivity index (χ2n) is 5.48. The van der Waals surface area contributed by atoms with E-state index in [0.29, 0.717) is 6.20 Å². The van der Waals surface area contributed by atoms with Gasteiger partial charge in [0.1, 0.15) is 11.6 Å². The molecular formula is C18H13Cl2F3N2O3. The Labute approximate surface area is 167 Å². The summed E-state index contributed by atoms with van der Waals surface area (Å²) in [5, 5.41) is 3.49. The van der Waals surface area contributed by atoms with Gasteiger partial charge < -0.3 is 4.74 Å². The zero-order valence-electron chi connectivity index (χ0n) is 14.4. The number of ether oxygens (including phenoxy) is 1. The lowest BCUT2D eigenvalue weighted by molar-refractivity contribution is -0.138. The second-order valence-corrected chi connectivity index (χ2v) is 6.30. The SMILES string of the molecule is C=CCOC(=O)/C(Cl)=C/c1cc(-n2ncc(C(F)(F)F)c(C)c2=O)ccc1Cl. The highest BCUT2D eigenvalue weighted by atomic mass is 35.5. The Balaban J connectivity index is 2.49. The van der Waals surface area contributed by atoms with Gasteiger partial charge in [0.15, 0.2) is 0 Å². The van der Waals surface area contributed by atoms with Crippen molar-refractivity contribution in [2.45, 2.75) is 13.1 Å². The molecule has 0 spiro atoms. The average molecular weight is 433 g/mol. The van der Waals surface area contributed by atoms with Gasteiger partial charge in [-0.25, -0.2) is 4.79 Å². The van der Waals surface area contributed by atoms with Crippen molar-refractivity contribution in [3.63, 3.8) is 0 Å². The van der Waals surface area contributed by atoms with Crippen molar-refractivity contribution >= 4 is 35.2 Å². The van der Waals surface area contributed by atoms with Gasteiger partial charge in [0.25, 0.3) is 5.56 Å². The minimum Gasteiger partial charge on any atom is -0.457 e. The molecule has 1 aromatic heterocycles. The molecule has 2 rings (SSSR count). The maximum atomic E-state index is 12.9. The molecule has 10 heteroatoms. The summed E-state index contributed by atoms with van der Waals surface area (Å²) in [4.78, 5) is 24.0. The highest BCUT2D eigenvalue weighted by Crippen LogP contribution is 2.30. The molecule has 0 amide bonds. The topological polar surface area (TPSA) is 61.2 Å². The quantitative estimate of drug-likeness (QED) is 0.395. The molecule has 28 heavy (non-hydrogen) atoms. The van der Waals surface area contributed by atoms with E-state index >= 15 is 0 Å². The van der Waals surface area contributed by atoms with Crippen LogP contribution in [0.2, 0.25) is 5.02 Å². The summed E-state index contributed by atoms with van der Waals surface area (Å²) in [6, 6.07) is 4.14. The molecule has 0 atom stereocenters. The van der Waals surface area contributed by atoms with E-state index in [2.05, 4.69) is 11.7 Å². The molecule has 0 aliphatic carbocycles. The second kappa shape index (κ2) is 8.62. The van der Waals surface area contributed by atoms with Crippen LogP contribution in [0.15, 0.2) is 46.9 Å². The Morgan fingerprint density at radius 2 is 2.07 bits per heavy atom. The zero-order valence-corrected chi connectivity index (χ0v) is 15.9. The molecule has 0 unspecified atom stereocenters. The third-order valence-corrected chi connectivity index (χ3v) is 4.17. The lowest BCUT2D eigenvalue weighted by atomic mass is 10.1. The number of benzene rings is 1. The van der Waals surface area contributed by atoms with Crippen LogP contribution in [0, 0.1) is 6.92 Å². The summed E-state index contributed by atoms with van der Waals surface area (Å²) in [6.07, 6.45) is -1.55. The third kappa shape index (κ3) is 4.82. The predicted molar refractivity (Wildman–Crippen MR) is 99.6 cm³/mol. The summed E-state index contributed by atoms with van der Waals surface area (Å²) < 4.78 is 44.3. The molecule has 0 radical (unpaired) electrons. The third-order valence-electron chi connectivity index (χ3n) is 3.56. The van der Waals surface area contributed by atoms with Crippen molar-refractivity contribution in [3.05, 3.63) is 74.1 Å². The molecule has 1 aromatic carbocycles. The fourth-order valence-electron chi connectivity index (χ4n) is 2.18. The summed E-state index contributed by atoms with van der Waals surface area (Å²) in [7, 11) is 0. The van der Waals surface area contributed by atoms with Gasteiger partial charge in [-0.15, -0.1) is 0 Å². The maximum absolute atomic E-state index is 12.9. The first-order chi connectivity index (χ1) is 13.1. The molecule has 0 aliphatic heterocycles. The molecule has 0 bridgehead atoms. The zero-order chi connectivity index (χ0) is 21.1. The number of alkyl halides is 3. The Hall–Kier alpha value is -2.58. The van der Waals surface area contributed by atoms with Gasteiger partial charge in [0.05, 0.1) is 17.4 Å². The fourth-order valence-corrected chi connectivity index (χ4v) is 2.53. The molecule has 0 N–H and O–H groups in total. The summed E-state index contributed by atoms with van der Waals surface area (Å²) >= 11 is 11.9. The monoisotopic (exact) mass is 432 g/mol. The van der Waals surface area contributed by atoms with Crippen LogP contribution >= 0.6 is 23.2 Å². The van der Waals surface area contributed by atoms with Crippen molar-refractivity contribution in [1.29, 1.82) is 0 Å². The van der Waals surface area contributed by atoms with Crippen molar-refractivity contribution in [2.24, 2.45) is 0 Å². The standard InChI is InChI=1S/C18H13Cl2F3N2O3/c1-3-6-28-17(27)15(20)8-11-7-12(4-5-14(11)19)25-16(26)10(2)13(9-24-25)18(21,22)23/h3-5,7-9H,1,6H2,2H3/b15-8-. The van der Waals surface area contributed by atoms with Gasteiger partial charge in [-0.1, -0.05) is 35.9 Å². The number of rotatable bonds is 5. The molecule has 148 valence electrons. The average Bonchev–Trinajstić information content (AvgIpc) is 2.62. The van der Waals surface area contributed by atoms with Crippen LogP contribution < -0.4 is 5.56 Å². The highest BCUT2D eigenvalue weighted by Gasteiger charge is 2.34. The summed E-state index contributed by atoms with van der Waals surface area (Å²) in [6.45, 7) is 4.42. The normalized spacial score (nSPS) is 12.0. The van der Waals surface area contributed by atoms with E-state index in [0.717, 1.165) is 11.6 Å². The number of esters is 1. The number of carbonyl (C=O) groups excluding carboxylic acids is 1. The molecule has 0 aliphatic rings. The Bertz CT molecular complexity index is 1010. The number of hydrogen-bond donors (Lipinski definition) is 0. The highest BCUT2D eigenvalue weighted by molar-refractivity contribution is 6.43. The largest absolute Gasteiger partial charge is 0.457 e. The lowest BCUT2D eigenvalue weighted by Gasteiger charge is -2.12. The number of nitrogens with zero attached hydrogens (tertiary/aromatic N) is 2. The maximum Gasteiger partial charge on any atom is 0.418 e. The molecule has 1 heterocycles. The molecular weight excluding hydrogens is 420 g/mol. The Kier molecular flexibility index (Phi) is 6.69. The van der Waals surface area contributed by atoms with Crippen molar-refractivity contribution in [2.75, 3.05) is 6.61 Å². The minimum atomic E-state index is -4.69. The summed E-state index contributed by atoms with van der Waals surface area (Å²) in [5.74, 6) is -0.816. The van der Waals surface area contributed by atoms with Gasteiger partial charge >= 0.3 is 12.1 Å². The molecule has 0 saturated heterocycles. The number of halogens is 5. The van der Waals surface area contributed by atoms with Gasteiger partial charge in [-0.05, 0) is 36.8 Å². The van der Waals surface area contributed by atoms with Gasteiger partial charge in [-0.3, -0.25) is 4.79 Å². The van der Waals surface area contributed by atoms with E-state index in [1.54, 1.807) is 0 Å². The van der Waals surface area contributed by atoms with Crippen LogP contribution in [-0.4, -0.2) is 22.4 Å². The van der Waals surface area contributed by atoms with Crippen molar-refractivity contribution in [3.8, 4) is 5.69 Å². The summed E-state index contributed by atoms with van der Waals surface area (Å²) in [5.41, 5.74) is -2.17. The number of aromatic nitrogens is 2. The fraction of sp³-hybridized carbons (Fsp3) is 0.167. The molecule has 5 nitrogen and oxygen atoms in total. The molecule has 0 fully saturated rings. The van der Waals surface area contributed by atoms with E-state index in [1.807, 2.05) is 0 Å². The number of carbonyl (C=O) groups is 1. The van der Waals surface area contributed by atoms with Gasteiger partial charge in [0, 0.05) is 10.6 Å². The van der Waals surface area contributed by atoms with E-state index in [4.69, 9.17) is 27.9 Å². The van der Waals surface area contributed by atoms with Crippen LogP contribution in [-0.2, 0) is 15.7 Å². The van der Waals surface area contributed by atoms with Crippen LogP contribution in [0.5, 0.6) is 0 Å². The minimum absolute atomic E-state index is 0.0409. The van der Waals surface area contributed by atoms with E-state index < -0.39 is 28.8 Å². The first-order valence-electron chi connectivity index (χ1n) is 7.67. The van der Waals surface area contributed by atoms with Gasteiger partial charge in [0.2, 0.25) is 0 Å².